The number of halogens is 2. The molecule has 7 heteroatoms. The van der Waals surface area contributed by atoms with Crippen molar-refractivity contribution in [3.63, 3.8) is 0 Å². The number of anilines is 1. The number of amides is 1. The number of ketones is 1. The summed E-state index contributed by atoms with van der Waals surface area (Å²) in [6, 6.07) is 13.1. The summed E-state index contributed by atoms with van der Waals surface area (Å²) in [5.41, 5.74) is 2.93. The third kappa shape index (κ3) is 3.63. The molecule has 0 radical (unpaired) electrons. The van der Waals surface area contributed by atoms with Gasteiger partial charge in [-0.2, -0.15) is 0 Å². The van der Waals surface area contributed by atoms with Gasteiger partial charge in [-0.15, -0.1) is 0 Å². The van der Waals surface area contributed by atoms with Gasteiger partial charge >= 0.3 is 0 Å². The number of hydrogen-bond donors (Lipinski definition) is 2. The Balaban J connectivity index is 1.70. The molecule has 1 atom stereocenters. The zero-order valence-electron chi connectivity index (χ0n) is 18.1. The fourth-order valence-electron chi connectivity index (χ4n) is 4.74. The Kier molecular flexibility index (Phi) is 5.40. The van der Waals surface area contributed by atoms with Crippen molar-refractivity contribution < 1.29 is 28.6 Å². The summed E-state index contributed by atoms with van der Waals surface area (Å²) in [6.07, 6.45) is 3.94. The van der Waals surface area contributed by atoms with Crippen molar-refractivity contribution >= 4 is 23.1 Å². The average Bonchev–Trinajstić information content (AvgIpc) is 3.11. The van der Waals surface area contributed by atoms with Gasteiger partial charge in [-0.05, 0) is 72.7 Å². The number of nitrogens with zero attached hydrogens (tertiary/aromatic N) is 1. The molecule has 1 heterocycles. The van der Waals surface area contributed by atoms with Crippen LogP contribution in [0.25, 0.3) is 5.76 Å². The minimum absolute atomic E-state index is 0.0245. The second kappa shape index (κ2) is 8.41. The van der Waals surface area contributed by atoms with E-state index in [9.17, 15) is 28.6 Å². The zero-order chi connectivity index (χ0) is 24.0. The fourth-order valence-corrected chi connectivity index (χ4v) is 4.74. The SMILES string of the molecule is O=C1C(=O)N(c2ccc(F)c(F)c2)C(c2ccc(O)cc2)/C1=C(/O)c1ccc2c(c1)CCCC2. The molecular formula is C27H21F2NO4. The van der Waals surface area contributed by atoms with E-state index in [1.807, 2.05) is 12.1 Å². The summed E-state index contributed by atoms with van der Waals surface area (Å²) < 4.78 is 27.6. The molecule has 5 nitrogen and oxygen atoms in total. The quantitative estimate of drug-likeness (QED) is 0.320. The Morgan fingerprint density at radius 1 is 0.853 bits per heavy atom. The number of benzene rings is 3. The van der Waals surface area contributed by atoms with E-state index in [1.165, 1.54) is 35.9 Å². The highest BCUT2D eigenvalue weighted by atomic mass is 19.2. The van der Waals surface area contributed by atoms with E-state index < -0.39 is 29.4 Å². The lowest BCUT2D eigenvalue weighted by Crippen LogP contribution is -2.29. The Bertz CT molecular complexity index is 1350. The summed E-state index contributed by atoms with van der Waals surface area (Å²) in [5.74, 6) is -4.52. The second-order valence-electron chi connectivity index (χ2n) is 8.55. The molecule has 3 aromatic carbocycles. The lowest BCUT2D eigenvalue weighted by atomic mass is 9.88. The summed E-state index contributed by atoms with van der Waals surface area (Å²) in [5, 5.41) is 21.0. The lowest BCUT2D eigenvalue weighted by molar-refractivity contribution is -0.132. The van der Waals surface area contributed by atoms with Crippen LogP contribution in [0.3, 0.4) is 0 Å². The topological polar surface area (TPSA) is 77.8 Å². The highest BCUT2D eigenvalue weighted by Crippen LogP contribution is 2.43. The molecule has 1 aliphatic heterocycles. The first-order valence-corrected chi connectivity index (χ1v) is 11.0. The third-order valence-electron chi connectivity index (χ3n) is 6.46. The molecular weight excluding hydrogens is 440 g/mol. The maximum Gasteiger partial charge on any atom is 0.300 e. The van der Waals surface area contributed by atoms with Crippen LogP contribution in [0.2, 0.25) is 0 Å². The standard InChI is InChI=1S/C27H21F2NO4/c28-21-12-9-19(14-22(21)29)30-24(16-7-10-20(31)11-8-16)23(26(33)27(30)34)25(32)18-6-5-15-3-1-2-4-17(15)13-18/h5-14,24,31-32H,1-4H2/b25-23-. The number of aliphatic hydroxyl groups is 1. The van der Waals surface area contributed by atoms with Gasteiger partial charge in [0.2, 0.25) is 0 Å². The maximum absolute atomic E-state index is 14.0. The number of aryl methyl sites for hydroxylation is 2. The summed E-state index contributed by atoms with van der Waals surface area (Å²) >= 11 is 0. The molecule has 34 heavy (non-hydrogen) atoms. The second-order valence-corrected chi connectivity index (χ2v) is 8.55. The molecule has 1 fully saturated rings. The zero-order valence-corrected chi connectivity index (χ0v) is 18.1. The van der Waals surface area contributed by atoms with E-state index in [2.05, 4.69) is 0 Å². The fraction of sp³-hybridized carbons (Fsp3) is 0.185. The minimum atomic E-state index is -1.17. The molecule has 0 spiro atoms. The molecule has 0 saturated carbocycles. The highest BCUT2D eigenvalue weighted by molar-refractivity contribution is 6.51. The van der Waals surface area contributed by atoms with Crippen molar-refractivity contribution in [1.29, 1.82) is 0 Å². The van der Waals surface area contributed by atoms with Crippen molar-refractivity contribution in [3.8, 4) is 5.75 Å². The molecule has 0 bridgehead atoms. The molecule has 1 unspecified atom stereocenters. The Morgan fingerprint density at radius 2 is 1.56 bits per heavy atom. The largest absolute Gasteiger partial charge is 0.508 e. The number of aromatic hydroxyl groups is 1. The molecule has 3 aromatic rings. The number of phenols is 1. The maximum atomic E-state index is 14.0. The van der Waals surface area contributed by atoms with Crippen molar-refractivity contribution in [3.05, 3.63) is 100 Å². The van der Waals surface area contributed by atoms with Crippen LogP contribution in [0, 0.1) is 11.6 Å². The predicted molar refractivity (Wildman–Crippen MR) is 122 cm³/mol. The van der Waals surface area contributed by atoms with Gasteiger partial charge in [0.25, 0.3) is 11.7 Å². The normalized spacial score (nSPS) is 19.4. The van der Waals surface area contributed by atoms with E-state index in [-0.39, 0.29) is 22.8 Å². The molecule has 1 aliphatic carbocycles. The van der Waals surface area contributed by atoms with Crippen LogP contribution in [0.5, 0.6) is 5.75 Å². The number of carbonyl (C=O) groups excluding carboxylic acids is 2. The van der Waals surface area contributed by atoms with Crippen molar-refractivity contribution in [2.75, 3.05) is 4.90 Å². The van der Waals surface area contributed by atoms with Gasteiger partial charge in [0.1, 0.15) is 11.5 Å². The minimum Gasteiger partial charge on any atom is -0.508 e. The predicted octanol–water partition coefficient (Wildman–Crippen LogP) is 5.18. The van der Waals surface area contributed by atoms with Crippen molar-refractivity contribution in [2.24, 2.45) is 0 Å². The van der Waals surface area contributed by atoms with Crippen LogP contribution in [0.4, 0.5) is 14.5 Å². The van der Waals surface area contributed by atoms with E-state index in [0.29, 0.717) is 11.1 Å². The number of rotatable bonds is 3. The Labute approximate surface area is 194 Å². The van der Waals surface area contributed by atoms with E-state index in [4.69, 9.17) is 0 Å². The van der Waals surface area contributed by atoms with Gasteiger partial charge in [0.05, 0.1) is 11.6 Å². The Hall–Kier alpha value is -4.00. The van der Waals surface area contributed by atoms with E-state index in [0.717, 1.165) is 48.3 Å². The summed E-state index contributed by atoms with van der Waals surface area (Å²) in [6.45, 7) is 0. The van der Waals surface area contributed by atoms with Crippen LogP contribution in [0.1, 0.15) is 41.1 Å². The Morgan fingerprint density at radius 3 is 2.26 bits per heavy atom. The number of Topliss-reactive ketones (excluding diaryl/α,β-unsaturated/α-hetero) is 1. The number of carbonyl (C=O) groups is 2. The first kappa shape index (κ1) is 21.8. The van der Waals surface area contributed by atoms with Crippen molar-refractivity contribution in [2.45, 2.75) is 31.7 Å². The first-order valence-electron chi connectivity index (χ1n) is 11.0. The van der Waals surface area contributed by atoms with Gasteiger partial charge in [-0.1, -0.05) is 24.3 Å². The van der Waals surface area contributed by atoms with Crippen LogP contribution in [0.15, 0.2) is 66.2 Å². The molecule has 2 N–H and O–H groups in total. The van der Waals surface area contributed by atoms with Crippen LogP contribution < -0.4 is 4.90 Å². The monoisotopic (exact) mass is 461 g/mol. The van der Waals surface area contributed by atoms with Gasteiger partial charge in [-0.3, -0.25) is 14.5 Å². The van der Waals surface area contributed by atoms with Gasteiger partial charge < -0.3 is 10.2 Å². The molecule has 0 aromatic heterocycles. The molecule has 1 saturated heterocycles. The smallest absolute Gasteiger partial charge is 0.300 e. The number of hydrogen-bond acceptors (Lipinski definition) is 4. The van der Waals surface area contributed by atoms with Gasteiger partial charge in [0, 0.05) is 17.3 Å². The summed E-state index contributed by atoms with van der Waals surface area (Å²) in [7, 11) is 0. The lowest BCUT2D eigenvalue weighted by Gasteiger charge is -2.25. The van der Waals surface area contributed by atoms with Crippen LogP contribution in [-0.4, -0.2) is 21.9 Å². The van der Waals surface area contributed by atoms with E-state index >= 15 is 0 Å². The average molecular weight is 461 g/mol. The number of phenolic OH excluding ortho intramolecular Hbond substituents is 1. The number of aliphatic hydroxyl groups excluding tert-OH is 1. The van der Waals surface area contributed by atoms with Gasteiger partial charge in [0.15, 0.2) is 11.6 Å². The van der Waals surface area contributed by atoms with Crippen LogP contribution >= 0.6 is 0 Å². The van der Waals surface area contributed by atoms with Crippen molar-refractivity contribution in [1.82, 2.24) is 0 Å². The molecule has 1 amide bonds. The first-order chi connectivity index (χ1) is 16.3. The summed E-state index contributed by atoms with van der Waals surface area (Å²) in [4.78, 5) is 27.3. The van der Waals surface area contributed by atoms with Crippen LogP contribution in [-0.2, 0) is 22.4 Å². The highest BCUT2D eigenvalue weighted by Gasteiger charge is 2.47. The number of fused-ring (bicyclic) bond motifs is 1. The van der Waals surface area contributed by atoms with E-state index in [1.54, 1.807) is 6.07 Å². The molecule has 5 rings (SSSR count). The molecule has 2 aliphatic rings. The van der Waals surface area contributed by atoms with Gasteiger partial charge in [-0.25, -0.2) is 8.78 Å². The molecule has 172 valence electrons. The third-order valence-corrected chi connectivity index (χ3v) is 6.46.